The molecule has 2 aromatic heterocycles. The summed E-state index contributed by atoms with van der Waals surface area (Å²) in [5.74, 6) is -0.103. The zero-order valence-electron chi connectivity index (χ0n) is 27.8. The number of amides is 1. The average molecular weight is 698 g/mol. The molecule has 0 N–H and O–H groups in total. The smallest absolute Gasteiger partial charge is 0.296 e. The summed E-state index contributed by atoms with van der Waals surface area (Å²) in [4.78, 5) is 47.7. The Labute approximate surface area is 293 Å². The van der Waals surface area contributed by atoms with Crippen molar-refractivity contribution in [2.45, 2.75) is 40.2 Å². The number of anilines is 3. The molecule has 2 saturated heterocycles. The lowest BCUT2D eigenvalue weighted by atomic mass is 10.0. The number of carbonyl (C=O) groups is 1. The maximum absolute atomic E-state index is 14.2. The van der Waals surface area contributed by atoms with Gasteiger partial charge in [-0.15, -0.1) is 0 Å². The monoisotopic (exact) mass is 697 g/mol. The Kier molecular flexibility index (Phi) is 9.63. The van der Waals surface area contributed by atoms with Crippen LogP contribution >= 0.6 is 24.0 Å². The van der Waals surface area contributed by atoms with E-state index in [1.54, 1.807) is 48.4 Å². The maximum Gasteiger partial charge on any atom is 0.296 e. The number of nitrogens with zero attached hydrogens (tertiary/aromatic N) is 7. The van der Waals surface area contributed by atoms with Crippen LogP contribution in [0.2, 0.25) is 0 Å². The van der Waals surface area contributed by atoms with Crippen molar-refractivity contribution < 1.29 is 9.18 Å². The van der Waals surface area contributed by atoms with Crippen LogP contribution < -0.4 is 25.8 Å². The van der Waals surface area contributed by atoms with E-state index in [1.165, 1.54) is 21.7 Å². The molecule has 6 rings (SSSR count). The number of thioether (sulfide) groups is 1. The van der Waals surface area contributed by atoms with Gasteiger partial charge in [0.1, 0.15) is 29.0 Å². The first-order chi connectivity index (χ1) is 23.6. The number of aromatic nitrogens is 3. The molecular formula is C36H36FN7O3S2. The normalized spacial score (nSPS) is 15.8. The summed E-state index contributed by atoms with van der Waals surface area (Å²) in [5.41, 5.74) is 2.67. The largest absolute Gasteiger partial charge is 0.368 e. The van der Waals surface area contributed by atoms with Gasteiger partial charge in [-0.25, -0.2) is 9.07 Å². The predicted octanol–water partition coefficient (Wildman–Crippen LogP) is 5.50. The standard InChI is InChI=1S/C36H36FN7O3S2/c1-5-6-16-42-32(41-19-17-40(18-20-41)26-14-12-25(37)13-15-26)28(23(2)29(22-38)33(42)45)21-30-34(46)43(36(48)49-30)31-24(3)39(4)44(35(31)47)27-10-8-7-9-11-27/h7-15,21H,5-6,16-20H2,1-4H3/b30-21-. The fourth-order valence-electron chi connectivity index (χ4n) is 6.44. The first-order valence-electron chi connectivity index (χ1n) is 16.1. The van der Waals surface area contributed by atoms with Crippen molar-refractivity contribution in [3.63, 3.8) is 0 Å². The molecule has 13 heteroatoms. The second-order valence-electron chi connectivity index (χ2n) is 12.0. The summed E-state index contributed by atoms with van der Waals surface area (Å²) >= 11 is 6.80. The molecule has 49 heavy (non-hydrogen) atoms. The summed E-state index contributed by atoms with van der Waals surface area (Å²) < 4.78 is 18.7. The minimum absolute atomic E-state index is 0.0242. The molecule has 0 radical (unpaired) electrons. The van der Waals surface area contributed by atoms with E-state index in [1.807, 2.05) is 37.3 Å². The van der Waals surface area contributed by atoms with Crippen LogP contribution in [0.15, 0.2) is 69.1 Å². The Hall–Kier alpha value is -4.93. The number of thiocarbonyl (C=S) groups is 1. The number of benzene rings is 2. The quantitative estimate of drug-likeness (QED) is 0.176. The number of piperazine rings is 1. The molecule has 4 aromatic rings. The lowest BCUT2D eigenvalue weighted by molar-refractivity contribution is -0.113. The molecule has 4 heterocycles. The fourth-order valence-corrected chi connectivity index (χ4v) is 7.69. The number of hydrogen-bond donors (Lipinski definition) is 0. The van der Waals surface area contributed by atoms with Crippen molar-refractivity contribution in [3.05, 3.63) is 108 Å². The third-order valence-corrected chi connectivity index (χ3v) is 10.5. The number of para-hydroxylation sites is 1. The van der Waals surface area contributed by atoms with Gasteiger partial charge in [0.2, 0.25) is 0 Å². The van der Waals surface area contributed by atoms with Crippen molar-refractivity contribution in [1.29, 1.82) is 5.26 Å². The molecule has 0 spiro atoms. The number of hydrogen-bond acceptors (Lipinski definition) is 8. The first kappa shape index (κ1) is 34.0. The van der Waals surface area contributed by atoms with Gasteiger partial charge in [0.25, 0.3) is 17.0 Å². The average Bonchev–Trinajstić information content (AvgIpc) is 3.50. The minimum Gasteiger partial charge on any atom is -0.368 e. The third-order valence-electron chi connectivity index (χ3n) is 9.17. The molecule has 10 nitrogen and oxygen atoms in total. The summed E-state index contributed by atoms with van der Waals surface area (Å²) in [7, 11) is 1.76. The lowest BCUT2D eigenvalue weighted by Crippen LogP contribution is -2.48. The van der Waals surface area contributed by atoms with Crippen molar-refractivity contribution in [2.75, 3.05) is 40.9 Å². The molecular weight excluding hydrogens is 662 g/mol. The number of unbranched alkanes of at least 4 members (excludes halogenated alkanes) is 1. The molecule has 0 bridgehead atoms. The highest BCUT2D eigenvalue weighted by atomic mass is 32.2. The van der Waals surface area contributed by atoms with E-state index >= 15 is 0 Å². The number of halogens is 1. The van der Waals surface area contributed by atoms with E-state index < -0.39 is 5.91 Å². The maximum atomic E-state index is 14.2. The van der Waals surface area contributed by atoms with Gasteiger partial charge in [-0.05, 0) is 68.3 Å². The van der Waals surface area contributed by atoms with Crippen molar-refractivity contribution >= 4 is 57.5 Å². The molecule has 252 valence electrons. The van der Waals surface area contributed by atoms with E-state index in [9.17, 15) is 24.0 Å². The van der Waals surface area contributed by atoms with Crippen LogP contribution in [0.1, 0.15) is 42.1 Å². The first-order valence-corrected chi connectivity index (χ1v) is 17.3. The Balaban J connectivity index is 1.43. The van der Waals surface area contributed by atoms with Crippen LogP contribution in [0.3, 0.4) is 0 Å². The zero-order chi connectivity index (χ0) is 35.0. The highest BCUT2D eigenvalue weighted by molar-refractivity contribution is 8.27. The number of nitriles is 1. The second kappa shape index (κ2) is 13.9. The molecule has 2 aromatic carbocycles. The molecule has 0 saturated carbocycles. The SMILES string of the molecule is CCCCn1c(N2CCN(c3ccc(F)cc3)CC2)c(/C=C2\SC(=S)N(c3c(C)n(C)n(-c4ccccc4)c3=O)C2=O)c(C)c(C#N)c1=O. The Morgan fingerprint density at radius 1 is 0.939 bits per heavy atom. The van der Waals surface area contributed by atoms with Crippen molar-refractivity contribution in [3.8, 4) is 11.8 Å². The number of rotatable bonds is 8. The summed E-state index contributed by atoms with van der Waals surface area (Å²) in [6.45, 7) is 8.29. The second-order valence-corrected chi connectivity index (χ2v) is 13.7. The van der Waals surface area contributed by atoms with E-state index in [4.69, 9.17) is 12.2 Å². The highest BCUT2D eigenvalue weighted by Gasteiger charge is 2.38. The van der Waals surface area contributed by atoms with Gasteiger partial charge in [0.15, 0.2) is 4.32 Å². The lowest BCUT2D eigenvalue weighted by Gasteiger charge is -2.39. The van der Waals surface area contributed by atoms with Crippen LogP contribution in [0, 0.1) is 31.0 Å². The van der Waals surface area contributed by atoms with E-state index in [0.717, 1.165) is 30.3 Å². The van der Waals surface area contributed by atoms with Crippen LogP contribution in [-0.2, 0) is 18.4 Å². The summed E-state index contributed by atoms with van der Waals surface area (Å²) in [6, 6.07) is 17.7. The molecule has 2 aliphatic heterocycles. The van der Waals surface area contributed by atoms with Crippen LogP contribution in [-0.4, -0.2) is 50.3 Å². The third kappa shape index (κ3) is 6.11. The number of carbonyl (C=O) groups excluding carboxylic acids is 1. The van der Waals surface area contributed by atoms with Gasteiger partial charge in [-0.1, -0.05) is 55.5 Å². The van der Waals surface area contributed by atoms with Crippen molar-refractivity contribution in [2.24, 2.45) is 7.05 Å². The van der Waals surface area contributed by atoms with E-state index in [2.05, 4.69) is 15.9 Å². The summed E-state index contributed by atoms with van der Waals surface area (Å²) in [6.07, 6.45) is 3.27. The van der Waals surface area contributed by atoms with Crippen LogP contribution in [0.5, 0.6) is 0 Å². The Morgan fingerprint density at radius 3 is 2.22 bits per heavy atom. The highest BCUT2D eigenvalue weighted by Crippen LogP contribution is 2.39. The molecule has 0 atom stereocenters. The molecule has 2 fully saturated rings. The predicted molar refractivity (Wildman–Crippen MR) is 197 cm³/mol. The van der Waals surface area contributed by atoms with Gasteiger partial charge in [-0.2, -0.15) is 5.26 Å². The molecule has 2 aliphatic rings. The van der Waals surface area contributed by atoms with Gasteiger partial charge in [0, 0.05) is 51.0 Å². The topological polar surface area (TPSA) is 99.5 Å². The fraction of sp³-hybridized carbons (Fsp3) is 0.306. The molecule has 1 amide bonds. The zero-order valence-corrected chi connectivity index (χ0v) is 29.4. The summed E-state index contributed by atoms with van der Waals surface area (Å²) in [5, 5.41) is 10.1. The minimum atomic E-state index is -0.447. The van der Waals surface area contributed by atoms with Crippen LogP contribution in [0.4, 0.5) is 21.6 Å². The Morgan fingerprint density at radius 2 is 1.59 bits per heavy atom. The molecule has 0 unspecified atom stereocenters. The van der Waals surface area contributed by atoms with Gasteiger partial charge in [-0.3, -0.25) is 28.5 Å². The molecule has 0 aliphatic carbocycles. The van der Waals surface area contributed by atoms with Gasteiger partial charge >= 0.3 is 0 Å². The van der Waals surface area contributed by atoms with E-state index in [0.29, 0.717) is 61.0 Å². The van der Waals surface area contributed by atoms with Crippen LogP contribution in [0.25, 0.3) is 11.8 Å². The number of pyridine rings is 1. The van der Waals surface area contributed by atoms with Gasteiger partial charge in [0.05, 0.1) is 16.3 Å². The van der Waals surface area contributed by atoms with Crippen molar-refractivity contribution in [1.82, 2.24) is 13.9 Å². The van der Waals surface area contributed by atoms with Gasteiger partial charge < -0.3 is 9.80 Å². The Bertz CT molecular complexity index is 2140. The van der Waals surface area contributed by atoms with E-state index in [-0.39, 0.29) is 37.4 Å².